The molecule has 2 saturated heterocycles. The van der Waals surface area contributed by atoms with Gasteiger partial charge in [0.15, 0.2) is 0 Å². The van der Waals surface area contributed by atoms with E-state index in [9.17, 15) is 9.59 Å². The topological polar surface area (TPSA) is 52.6 Å². The molecule has 2 fully saturated rings. The number of rotatable bonds is 4. The van der Waals surface area contributed by atoms with Gasteiger partial charge in [-0.05, 0) is 24.8 Å². The molecule has 0 saturated carbocycles. The molecule has 2 heterocycles. The first-order valence-corrected chi connectivity index (χ1v) is 8.62. The van der Waals surface area contributed by atoms with Crippen molar-refractivity contribution in [3.63, 3.8) is 0 Å². The van der Waals surface area contributed by atoms with Crippen molar-refractivity contribution in [2.45, 2.75) is 25.8 Å². The fourth-order valence-corrected chi connectivity index (χ4v) is 3.79. The number of carbonyl (C=O) groups excluding carboxylic acids is 2. The third-order valence-electron chi connectivity index (χ3n) is 5.10. The van der Waals surface area contributed by atoms with E-state index in [0.717, 1.165) is 37.9 Å². The summed E-state index contributed by atoms with van der Waals surface area (Å²) < 4.78 is 0. The molecular weight excluding hydrogens is 302 g/mol. The zero-order valence-electron chi connectivity index (χ0n) is 14.0. The lowest BCUT2D eigenvalue weighted by atomic mass is 9.78. The summed E-state index contributed by atoms with van der Waals surface area (Å²) in [5.41, 5.74) is 0.692. The van der Waals surface area contributed by atoms with Crippen LogP contribution in [0, 0.1) is 5.41 Å². The highest BCUT2D eigenvalue weighted by molar-refractivity contribution is 5.86. The SMILES string of the molecule is C=CCN1CC[C@]2(CCCN(C(=O)NCc3ccccc3)C2)C1=O. The molecule has 3 rings (SSSR count). The number of nitrogens with zero attached hydrogens (tertiary/aromatic N) is 2. The van der Waals surface area contributed by atoms with E-state index in [2.05, 4.69) is 11.9 Å². The Morgan fingerprint density at radius 1 is 1.25 bits per heavy atom. The van der Waals surface area contributed by atoms with Gasteiger partial charge in [-0.15, -0.1) is 6.58 Å². The second kappa shape index (κ2) is 7.07. The van der Waals surface area contributed by atoms with Gasteiger partial charge in [-0.2, -0.15) is 0 Å². The third kappa shape index (κ3) is 3.30. The molecule has 0 aliphatic carbocycles. The highest BCUT2D eigenvalue weighted by atomic mass is 16.2. The fourth-order valence-electron chi connectivity index (χ4n) is 3.79. The number of hydrogen-bond donors (Lipinski definition) is 1. The number of amides is 3. The first-order valence-electron chi connectivity index (χ1n) is 8.62. The monoisotopic (exact) mass is 327 g/mol. The Morgan fingerprint density at radius 2 is 2.04 bits per heavy atom. The van der Waals surface area contributed by atoms with Gasteiger partial charge >= 0.3 is 6.03 Å². The van der Waals surface area contributed by atoms with Crippen LogP contribution in [0.5, 0.6) is 0 Å². The molecule has 2 aliphatic heterocycles. The van der Waals surface area contributed by atoms with E-state index in [1.165, 1.54) is 0 Å². The number of likely N-dealkylation sites (tertiary alicyclic amines) is 2. The van der Waals surface area contributed by atoms with Crippen LogP contribution in [0.3, 0.4) is 0 Å². The van der Waals surface area contributed by atoms with Crippen molar-refractivity contribution in [1.82, 2.24) is 15.1 Å². The van der Waals surface area contributed by atoms with Crippen molar-refractivity contribution >= 4 is 11.9 Å². The molecule has 24 heavy (non-hydrogen) atoms. The van der Waals surface area contributed by atoms with Crippen LogP contribution in [0.25, 0.3) is 0 Å². The van der Waals surface area contributed by atoms with E-state index >= 15 is 0 Å². The lowest BCUT2D eigenvalue weighted by molar-refractivity contribution is -0.137. The fraction of sp³-hybridized carbons (Fsp3) is 0.474. The van der Waals surface area contributed by atoms with Gasteiger partial charge in [0.05, 0.1) is 5.41 Å². The smallest absolute Gasteiger partial charge is 0.317 e. The number of benzene rings is 1. The summed E-state index contributed by atoms with van der Waals surface area (Å²) in [5.74, 6) is 0.183. The predicted molar refractivity (Wildman–Crippen MR) is 93.3 cm³/mol. The van der Waals surface area contributed by atoms with Crippen molar-refractivity contribution in [2.75, 3.05) is 26.2 Å². The van der Waals surface area contributed by atoms with Gasteiger partial charge in [0.1, 0.15) is 0 Å². The average Bonchev–Trinajstić information content (AvgIpc) is 2.90. The van der Waals surface area contributed by atoms with E-state index in [-0.39, 0.29) is 17.4 Å². The van der Waals surface area contributed by atoms with Gasteiger partial charge in [0.25, 0.3) is 0 Å². The summed E-state index contributed by atoms with van der Waals surface area (Å²) in [6.07, 6.45) is 4.36. The van der Waals surface area contributed by atoms with Gasteiger partial charge in [-0.3, -0.25) is 4.79 Å². The molecule has 5 nitrogen and oxygen atoms in total. The molecule has 0 radical (unpaired) electrons. The van der Waals surface area contributed by atoms with Crippen molar-refractivity contribution in [3.8, 4) is 0 Å². The second-order valence-electron chi connectivity index (χ2n) is 6.74. The van der Waals surface area contributed by atoms with Gasteiger partial charge < -0.3 is 15.1 Å². The molecule has 1 aromatic rings. The highest BCUT2D eigenvalue weighted by Crippen LogP contribution is 2.40. The van der Waals surface area contributed by atoms with Gasteiger partial charge in [-0.25, -0.2) is 4.79 Å². The Hall–Kier alpha value is -2.30. The van der Waals surface area contributed by atoms with Crippen molar-refractivity contribution < 1.29 is 9.59 Å². The quantitative estimate of drug-likeness (QED) is 0.864. The van der Waals surface area contributed by atoms with Crippen LogP contribution in [-0.2, 0) is 11.3 Å². The Bertz CT molecular complexity index is 616. The molecule has 1 spiro atoms. The Kier molecular flexibility index (Phi) is 4.88. The first-order chi connectivity index (χ1) is 11.6. The molecule has 0 aromatic heterocycles. The normalized spacial score (nSPS) is 23.6. The van der Waals surface area contributed by atoms with Gasteiger partial charge in [-0.1, -0.05) is 36.4 Å². The minimum Gasteiger partial charge on any atom is -0.338 e. The first kappa shape index (κ1) is 16.6. The van der Waals surface area contributed by atoms with Crippen LogP contribution in [0.4, 0.5) is 4.79 Å². The van der Waals surface area contributed by atoms with Crippen LogP contribution < -0.4 is 5.32 Å². The molecule has 3 amide bonds. The van der Waals surface area contributed by atoms with E-state index in [4.69, 9.17) is 0 Å². The number of nitrogens with one attached hydrogen (secondary N) is 1. The van der Waals surface area contributed by atoms with Gasteiger partial charge in [0.2, 0.25) is 5.91 Å². The lowest BCUT2D eigenvalue weighted by Gasteiger charge is -2.38. The molecule has 1 atom stereocenters. The number of piperidine rings is 1. The molecule has 0 bridgehead atoms. The van der Waals surface area contributed by atoms with Crippen LogP contribution in [0.15, 0.2) is 43.0 Å². The van der Waals surface area contributed by atoms with Crippen LogP contribution in [0.1, 0.15) is 24.8 Å². The zero-order chi connectivity index (χ0) is 17.0. The minimum atomic E-state index is -0.384. The molecule has 5 heteroatoms. The summed E-state index contributed by atoms with van der Waals surface area (Å²) in [7, 11) is 0. The molecular formula is C19H25N3O2. The van der Waals surface area contributed by atoms with Crippen LogP contribution in [0.2, 0.25) is 0 Å². The van der Waals surface area contributed by atoms with Crippen molar-refractivity contribution in [3.05, 3.63) is 48.6 Å². The number of hydrogen-bond acceptors (Lipinski definition) is 2. The number of carbonyl (C=O) groups is 2. The van der Waals surface area contributed by atoms with E-state index in [0.29, 0.717) is 19.6 Å². The predicted octanol–water partition coefficient (Wildman–Crippen LogP) is 2.40. The molecule has 1 aromatic carbocycles. The summed E-state index contributed by atoms with van der Waals surface area (Å²) in [6, 6.07) is 9.79. The summed E-state index contributed by atoms with van der Waals surface area (Å²) in [6.45, 7) is 6.85. The third-order valence-corrected chi connectivity index (χ3v) is 5.10. The average molecular weight is 327 g/mol. The summed E-state index contributed by atoms with van der Waals surface area (Å²) in [4.78, 5) is 28.9. The standard InChI is InChI=1S/C19H25N3O2/c1-2-11-21-13-10-19(17(21)23)9-6-12-22(15-19)18(24)20-14-16-7-4-3-5-8-16/h2-5,7-8H,1,6,9-15H2,(H,20,24)/t19-/m0/s1. The summed E-state index contributed by atoms with van der Waals surface area (Å²) in [5, 5.41) is 2.97. The van der Waals surface area contributed by atoms with Crippen LogP contribution in [-0.4, -0.2) is 47.9 Å². The van der Waals surface area contributed by atoms with E-state index < -0.39 is 0 Å². The molecule has 128 valence electrons. The summed E-state index contributed by atoms with van der Waals surface area (Å²) >= 11 is 0. The Labute approximate surface area is 143 Å². The Morgan fingerprint density at radius 3 is 2.79 bits per heavy atom. The second-order valence-corrected chi connectivity index (χ2v) is 6.74. The lowest BCUT2D eigenvalue weighted by Crippen LogP contribution is -2.52. The molecule has 2 aliphatic rings. The maximum absolute atomic E-state index is 12.7. The Balaban J connectivity index is 1.60. The van der Waals surface area contributed by atoms with E-state index in [1.54, 1.807) is 6.08 Å². The molecule has 1 N–H and O–H groups in total. The maximum Gasteiger partial charge on any atom is 0.317 e. The molecule has 0 unspecified atom stereocenters. The van der Waals surface area contributed by atoms with Gasteiger partial charge in [0, 0.05) is 32.7 Å². The van der Waals surface area contributed by atoms with Crippen molar-refractivity contribution in [1.29, 1.82) is 0 Å². The number of urea groups is 1. The van der Waals surface area contributed by atoms with Crippen molar-refractivity contribution in [2.24, 2.45) is 5.41 Å². The zero-order valence-corrected chi connectivity index (χ0v) is 14.0. The maximum atomic E-state index is 12.7. The van der Waals surface area contributed by atoms with Crippen LogP contribution >= 0.6 is 0 Å². The highest BCUT2D eigenvalue weighted by Gasteiger charge is 2.49. The minimum absolute atomic E-state index is 0.0760. The van der Waals surface area contributed by atoms with E-state index in [1.807, 2.05) is 40.1 Å². The largest absolute Gasteiger partial charge is 0.338 e.